The van der Waals surface area contributed by atoms with Crippen molar-refractivity contribution in [2.75, 3.05) is 33.5 Å². The first-order valence-corrected chi connectivity index (χ1v) is 6.76. The summed E-state index contributed by atoms with van der Waals surface area (Å²) in [7, 11) is 1.66. The van der Waals surface area contributed by atoms with Crippen LogP contribution >= 0.6 is 0 Å². The highest BCUT2D eigenvalue weighted by atomic mass is 16.5. The Morgan fingerprint density at radius 2 is 2.11 bits per heavy atom. The summed E-state index contributed by atoms with van der Waals surface area (Å²) in [6, 6.07) is 4.54. The second-order valence-corrected chi connectivity index (χ2v) is 4.59. The average Bonchev–Trinajstić information content (AvgIpc) is 3.25. The molecule has 1 aliphatic carbocycles. The summed E-state index contributed by atoms with van der Waals surface area (Å²) < 4.78 is 15.8. The third-order valence-corrected chi connectivity index (χ3v) is 2.87. The third kappa shape index (κ3) is 6.00. The molecule has 1 aromatic rings. The van der Waals surface area contributed by atoms with Gasteiger partial charge in [-0.3, -0.25) is 4.98 Å². The first-order valence-electron chi connectivity index (χ1n) is 6.76. The van der Waals surface area contributed by atoms with Crippen LogP contribution < -0.4 is 10.1 Å². The second-order valence-electron chi connectivity index (χ2n) is 4.59. The number of nitrogens with one attached hydrogen (secondary N) is 1. The molecular formula is C14H22N2O3. The molecule has 0 saturated heterocycles. The van der Waals surface area contributed by atoms with Crippen molar-refractivity contribution in [2.45, 2.75) is 25.4 Å². The number of ether oxygens (including phenoxy) is 3. The van der Waals surface area contributed by atoms with Crippen LogP contribution in [0.15, 0.2) is 18.3 Å². The Morgan fingerprint density at radius 3 is 2.89 bits per heavy atom. The van der Waals surface area contributed by atoms with E-state index >= 15 is 0 Å². The van der Waals surface area contributed by atoms with Crippen LogP contribution in [0.25, 0.3) is 0 Å². The van der Waals surface area contributed by atoms with E-state index in [1.807, 2.05) is 12.1 Å². The molecule has 1 heterocycles. The van der Waals surface area contributed by atoms with Gasteiger partial charge in [-0.25, -0.2) is 0 Å². The summed E-state index contributed by atoms with van der Waals surface area (Å²) >= 11 is 0. The van der Waals surface area contributed by atoms with E-state index in [0.29, 0.717) is 32.5 Å². The number of methoxy groups -OCH3 is 1. The lowest BCUT2D eigenvalue weighted by molar-refractivity contribution is 0.0544. The van der Waals surface area contributed by atoms with Gasteiger partial charge in [-0.15, -0.1) is 0 Å². The number of aromatic nitrogens is 1. The lowest BCUT2D eigenvalue weighted by atomic mass is 10.3. The zero-order valence-electron chi connectivity index (χ0n) is 11.4. The van der Waals surface area contributed by atoms with E-state index in [4.69, 9.17) is 14.2 Å². The molecule has 0 aromatic carbocycles. The molecular weight excluding hydrogens is 244 g/mol. The molecule has 1 aromatic heterocycles. The standard InChI is InChI=1S/C14H22N2O3/c1-17-6-7-18-8-9-19-14-4-5-15-13(10-14)11-16-12-2-3-12/h4-5,10,12,16H,2-3,6-9,11H2,1H3. The van der Waals surface area contributed by atoms with E-state index in [9.17, 15) is 0 Å². The zero-order chi connectivity index (χ0) is 13.3. The summed E-state index contributed by atoms with van der Waals surface area (Å²) in [6.45, 7) is 3.15. The van der Waals surface area contributed by atoms with Crippen LogP contribution in [0.2, 0.25) is 0 Å². The Kier molecular flexibility index (Phi) is 6.07. The number of hydrogen-bond acceptors (Lipinski definition) is 5. The van der Waals surface area contributed by atoms with Crippen LogP contribution in [-0.4, -0.2) is 44.6 Å². The smallest absolute Gasteiger partial charge is 0.122 e. The van der Waals surface area contributed by atoms with Crippen LogP contribution in [0.5, 0.6) is 5.75 Å². The summed E-state index contributed by atoms with van der Waals surface area (Å²) in [5.74, 6) is 0.845. The van der Waals surface area contributed by atoms with E-state index in [-0.39, 0.29) is 0 Å². The Labute approximate surface area is 114 Å². The number of pyridine rings is 1. The largest absolute Gasteiger partial charge is 0.491 e. The average molecular weight is 266 g/mol. The van der Waals surface area contributed by atoms with Crippen molar-refractivity contribution in [3.05, 3.63) is 24.0 Å². The fraction of sp³-hybridized carbons (Fsp3) is 0.643. The SMILES string of the molecule is COCCOCCOc1ccnc(CNC2CC2)c1. The normalized spacial score (nSPS) is 14.6. The van der Waals surface area contributed by atoms with Crippen molar-refractivity contribution in [3.8, 4) is 5.75 Å². The monoisotopic (exact) mass is 266 g/mol. The highest BCUT2D eigenvalue weighted by Crippen LogP contribution is 2.19. The second kappa shape index (κ2) is 8.09. The highest BCUT2D eigenvalue weighted by Gasteiger charge is 2.20. The predicted molar refractivity (Wildman–Crippen MR) is 72.3 cm³/mol. The Bertz CT molecular complexity index is 369. The molecule has 0 aliphatic heterocycles. The summed E-state index contributed by atoms with van der Waals surface area (Å²) in [5.41, 5.74) is 1.02. The first-order chi connectivity index (χ1) is 9.38. The Hall–Kier alpha value is -1.17. The Balaban J connectivity index is 1.63. The van der Waals surface area contributed by atoms with E-state index < -0.39 is 0 Å². The van der Waals surface area contributed by atoms with Gasteiger partial charge in [0, 0.05) is 32.0 Å². The molecule has 1 N–H and O–H groups in total. The molecule has 1 fully saturated rings. The van der Waals surface area contributed by atoms with Gasteiger partial charge in [0.2, 0.25) is 0 Å². The lowest BCUT2D eigenvalue weighted by Crippen LogP contribution is -2.16. The lowest BCUT2D eigenvalue weighted by Gasteiger charge is -2.08. The van der Waals surface area contributed by atoms with Crippen molar-refractivity contribution in [1.29, 1.82) is 0 Å². The summed E-state index contributed by atoms with van der Waals surface area (Å²) in [5, 5.41) is 3.43. The molecule has 0 spiro atoms. The first kappa shape index (κ1) is 14.2. The van der Waals surface area contributed by atoms with Gasteiger partial charge in [0.25, 0.3) is 0 Å². The molecule has 1 aliphatic rings. The van der Waals surface area contributed by atoms with Crippen molar-refractivity contribution >= 4 is 0 Å². The fourth-order valence-electron chi connectivity index (χ4n) is 1.64. The van der Waals surface area contributed by atoms with Gasteiger partial charge in [0.05, 0.1) is 25.5 Å². The number of nitrogens with zero attached hydrogens (tertiary/aromatic N) is 1. The van der Waals surface area contributed by atoms with Gasteiger partial charge in [0.15, 0.2) is 0 Å². The molecule has 1 saturated carbocycles. The maximum atomic E-state index is 5.62. The molecule has 5 nitrogen and oxygen atoms in total. The van der Waals surface area contributed by atoms with Gasteiger partial charge in [-0.1, -0.05) is 0 Å². The van der Waals surface area contributed by atoms with Crippen molar-refractivity contribution in [1.82, 2.24) is 10.3 Å². The molecule has 19 heavy (non-hydrogen) atoms. The molecule has 0 atom stereocenters. The van der Waals surface area contributed by atoms with Gasteiger partial charge in [-0.05, 0) is 18.9 Å². The molecule has 0 radical (unpaired) electrons. The maximum absolute atomic E-state index is 5.62. The molecule has 0 bridgehead atoms. The molecule has 0 unspecified atom stereocenters. The zero-order valence-corrected chi connectivity index (χ0v) is 11.4. The highest BCUT2D eigenvalue weighted by molar-refractivity contribution is 5.22. The third-order valence-electron chi connectivity index (χ3n) is 2.87. The molecule has 5 heteroatoms. The van der Waals surface area contributed by atoms with Crippen LogP contribution in [0.3, 0.4) is 0 Å². The van der Waals surface area contributed by atoms with Crippen molar-refractivity contribution < 1.29 is 14.2 Å². The van der Waals surface area contributed by atoms with E-state index in [1.165, 1.54) is 12.8 Å². The van der Waals surface area contributed by atoms with Gasteiger partial charge >= 0.3 is 0 Å². The molecule has 2 rings (SSSR count). The van der Waals surface area contributed by atoms with Crippen molar-refractivity contribution in [2.24, 2.45) is 0 Å². The van der Waals surface area contributed by atoms with Crippen LogP contribution in [-0.2, 0) is 16.0 Å². The van der Waals surface area contributed by atoms with Gasteiger partial charge in [-0.2, -0.15) is 0 Å². The van der Waals surface area contributed by atoms with E-state index in [2.05, 4.69) is 10.3 Å². The maximum Gasteiger partial charge on any atom is 0.122 e. The Morgan fingerprint density at radius 1 is 1.26 bits per heavy atom. The van der Waals surface area contributed by atoms with Crippen LogP contribution in [0.1, 0.15) is 18.5 Å². The minimum absolute atomic E-state index is 0.545. The van der Waals surface area contributed by atoms with Crippen LogP contribution in [0, 0.1) is 0 Å². The minimum Gasteiger partial charge on any atom is -0.491 e. The number of rotatable bonds is 10. The topological polar surface area (TPSA) is 52.6 Å². The number of hydrogen-bond donors (Lipinski definition) is 1. The minimum atomic E-state index is 0.545. The molecule has 106 valence electrons. The predicted octanol–water partition coefficient (Wildman–Crippen LogP) is 1.38. The fourth-order valence-corrected chi connectivity index (χ4v) is 1.64. The van der Waals surface area contributed by atoms with E-state index in [1.54, 1.807) is 13.3 Å². The van der Waals surface area contributed by atoms with Gasteiger partial charge in [0.1, 0.15) is 12.4 Å². The molecule has 0 amide bonds. The quantitative estimate of drug-likeness (QED) is 0.648. The van der Waals surface area contributed by atoms with Crippen molar-refractivity contribution in [3.63, 3.8) is 0 Å². The van der Waals surface area contributed by atoms with E-state index in [0.717, 1.165) is 18.0 Å². The summed E-state index contributed by atoms with van der Waals surface area (Å²) in [6.07, 6.45) is 4.36. The van der Waals surface area contributed by atoms with Gasteiger partial charge < -0.3 is 19.5 Å². The summed E-state index contributed by atoms with van der Waals surface area (Å²) in [4.78, 5) is 4.32. The van der Waals surface area contributed by atoms with Crippen LogP contribution in [0.4, 0.5) is 0 Å².